The third-order valence-electron chi connectivity index (χ3n) is 4.35. The van der Waals surface area contributed by atoms with Crippen LogP contribution in [-0.4, -0.2) is 27.1 Å². The van der Waals surface area contributed by atoms with Gasteiger partial charge in [-0.15, -0.1) is 0 Å². The Labute approximate surface area is 128 Å². The molecule has 112 valence electrons. The lowest BCUT2D eigenvalue weighted by molar-refractivity contribution is 0.0938. The maximum atomic E-state index is 12.3. The van der Waals surface area contributed by atoms with E-state index < -0.39 is 0 Å². The summed E-state index contributed by atoms with van der Waals surface area (Å²) in [4.78, 5) is 15.7. The number of carbonyl (C=O) groups excluding carboxylic acids is 1. The number of H-pyrrole nitrogens is 2. The minimum Gasteiger partial charge on any atom is -0.353 e. The molecule has 0 unspecified atom stereocenters. The van der Waals surface area contributed by atoms with Crippen LogP contribution in [0.5, 0.6) is 0 Å². The number of hydrogen-bond acceptors (Lipinski definition) is 2. The molecule has 0 atom stereocenters. The van der Waals surface area contributed by atoms with Gasteiger partial charge in [-0.2, -0.15) is 5.10 Å². The molecule has 0 saturated heterocycles. The van der Waals surface area contributed by atoms with Gasteiger partial charge in [-0.05, 0) is 37.1 Å². The summed E-state index contributed by atoms with van der Waals surface area (Å²) in [6, 6.07) is 10.1. The lowest BCUT2D eigenvalue weighted by atomic mass is 10.1. The second kappa shape index (κ2) is 5.33. The number of nitrogens with zero attached hydrogens (tertiary/aromatic N) is 1. The minimum atomic E-state index is 0.0183. The number of carbonyl (C=O) groups is 1. The van der Waals surface area contributed by atoms with Crippen molar-refractivity contribution < 1.29 is 4.79 Å². The maximum Gasteiger partial charge on any atom is 0.251 e. The van der Waals surface area contributed by atoms with E-state index in [9.17, 15) is 4.79 Å². The molecule has 3 aromatic rings. The molecule has 2 heterocycles. The van der Waals surface area contributed by atoms with E-state index in [-0.39, 0.29) is 5.91 Å². The summed E-state index contributed by atoms with van der Waals surface area (Å²) in [7, 11) is 0. The van der Waals surface area contributed by atoms with E-state index in [1.807, 2.05) is 30.3 Å². The number of aromatic amines is 2. The number of benzene rings is 1. The van der Waals surface area contributed by atoms with Gasteiger partial charge in [-0.25, -0.2) is 0 Å². The van der Waals surface area contributed by atoms with Crippen LogP contribution in [0.15, 0.2) is 36.5 Å². The van der Waals surface area contributed by atoms with Crippen LogP contribution in [-0.2, 0) is 0 Å². The van der Waals surface area contributed by atoms with Crippen molar-refractivity contribution in [3.8, 4) is 11.4 Å². The smallest absolute Gasteiger partial charge is 0.251 e. The number of amides is 1. The summed E-state index contributed by atoms with van der Waals surface area (Å²) in [6.07, 6.45) is 6.42. The average Bonchev–Trinajstić information content (AvgIpc) is 3.26. The van der Waals surface area contributed by atoms with Crippen molar-refractivity contribution in [1.29, 1.82) is 0 Å². The Morgan fingerprint density at radius 2 is 2.05 bits per heavy atom. The van der Waals surface area contributed by atoms with Crippen LogP contribution in [0.1, 0.15) is 36.0 Å². The second-order valence-corrected chi connectivity index (χ2v) is 5.90. The molecule has 1 aliphatic carbocycles. The van der Waals surface area contributed by atoms with Crippen LogP contribution < -0.4 is 5.32 Å². The first-order chi connectivity index (χ1) is 10.8. The lowest BCUT2D eigenvalue weighted by Gasteiger charge is -2.11. The molecule has 1 aliphatic rings. The van der Waals surface area contributed by atoms with E-state index in [1.54, 1.807) is 6.20 Å². The summed E-state index contributed by atoms with van der Waals surface area (Å²) in [5.74, 6) is 0.0183. The maximum absolute atomic E-state index is 12.3. The monoisotopic (exact) mass is 294 g/mol. The van der Waals surface area contributed by atoms with Crippen molar-refractivity contribution >= 4 is 16.8 Å². The van der Waals surface area contributed by atoms with Gasteiger partial charge in [-0.1, -0.05) is 18.9 Å². The summed E-state index contributed by atoms with van der Waals surface area (Å²) >= 11 is 0. The van der Waals surface area contributed by atoms with Crippen LogP contribution in [0.25, 0.3) is 22.3 Å². The normalized spacial score (nSPS) is 15.5. The Kier molecular flexibility index (Phi) is 3.18. The number of aromatic nitrogens is 3. The zero-order valence-corrected chi connectivity index (χ0v) is 12.2. The molecule has 5 heteroatoms. The molecule has 0 radical (unpaired) electrons. The van der Waals surface area contributed by atoms with Gasteiger partial charge >= 0.3 is 0 Å². The Hall–Kier alpha value is -2.56. The van der Waals surface area contributed by atoms with Crippen molar-refractivity contribution in [3.63, 3.8) is 0 Å². The molecular weight excluding hydrogens is 276 g/mol. The van der Waals surface area contributed by atoms with Gasteiger partial charge in [0, 0.05) is 28.7 Å². The topological polar surface area (TPSA) is 73.6 Å². The van der Waals surface area contributed by atoms with E-state index in [1.165, 1.54) is 12.8 Å². The molecule has 2 aromatic heterocycles. The standard InChI is InChI=1S/C17H18N4O/c22-17(19-13-3-1-2-4-13)12-6-5-11-9-16(20-15(11)10-12)14-7-8-18-21-14/h5-10,13,20H,1-4H2,(H,18,21)(H,19,22). The van der Waals surface area contributed by atoms with Gasteiger partial charge in [0.15, 0.2) is 0 Å². The number of hydrogen-bond donors (Lipinski definition) is 3. The van der Waals surface area contributed by atoms with Gasteiger partial charge in [0.25, 0.3) is 5.91 Å². The fourth-order valence-corrected chi connectivity index (χ4v) is 3.16. The lowest BCUT2D eigenvalue weighted by Crippen LogP contribution is -2.32. The van der Waals surface area contributed by atoms with Crippen LogP contribution in [0.3, 0.4) is 0 Å². The number of rotatable bonds is 3. The third kappa shape index (κ3) is 2.39. The molecule has 0 aliphatic heterocycles. The Balaban J connectivity index is 1.61. The highest BCUT2D eigenvalue weighted by molar-refractivity contribution is 5.98. The molecule has 22 heavy (non-hydrogen) atoms. The molecule has 1 fully saturated rings. The molecule has 0 spiro atoms. The Bertz CT molecular complexity index is 797. The van der Waals surface area contributed by atoms with Gasteiger partial charge in [0.05, 0.1) is 5.69 Å². The molecule has 1 amide bonds. The van der Waals surface area contributed by atoms with Crippen LogP contribution in [0, 0.1) is 0 Å². The van der Waals surface area contributed by atoms with E-state index in [4.69, 9.17) is 0 Å². The van der Waals surface area contributed by atoms with Crippen LogP contribution in [0.2, 0.25) is 0 Å². The molecular formula is C17H18N4O. The summed E-state index contributed by atoms with van der Waals surface area (Å²) in [6.45, 7) is 0. The summed E-state index contributed by atoms with van der Waals surface area (Å²) in [5.41, 5.74) is 3.48. The van der Waals surface area contributed by atoms with Gasteiger partial charge in [0.1, 0.15) is 5.69 Å². The van der Waals surface area contributed by atoms with E-state index in [2.05, 4.69) is 20.5 Å². The highest BCUT2D eigenvalue weighted by Crippen LogP contribution is 2.24. The predicted molar refractivity (Wildman–Crippen MR) is 85.6 cm³/mol. The summed E-state index contributed by atoms with van der Waals surface area (Å²) < 4.78 is 0. The van der Waals surface area contributed by atoms with Crippen molar-refractivity contribution in [2.75, 3.05) is 0 Å². The van der Waals surface area contributed by atoms with Gasteiger partial charge in [-0.3, -0.25) is 9.89 Å². The van der Waals surface area contributed by atoms with E-state index in [0.717, 1.165) is 35.1 Å². The van der Waals surface area contributed by atoms with Crippen LogP contribution in [0.4, 0.5) is 0 Å². The molecule has 0 bridgehead atoms. The first-order valence-corrected chi connectivity index (χ1v) is 7.73. The Morgan fingerprint density at radius 3 is 2.82 bits per heavy atom. The van der Waals surface area contributed by atoms with Crippen molar-refractivity contribution in [3.05, 3.63) is 42.1 Å². The predicted octanol–water partition coefficient (Wildman–Crippen LogP) is 3.23. The first kappa shape index (κ1) is 13.1. The number of fused-ring (bicyclic) bond motifs is 1. The van der Waals surface area contributed by atoms with E-state index in [0.29, 0.717) is 11.6 Å². The molecule has 4 rings (SSSR count). The minimum absolute atomic E-state index is 0.0183. The molecule has 5 nitrogen and oxygen atoms in total. The van der Waals surface area contributed by atoms with Gasteiger partial charge in [0.2, 0.25) is 0 Å². The van der Waals surface area contributed by atoms with Gasteiger partial charge < -0.3 is 10.3 Å². The summed E-state index contributed by atoms with van der Waals surface area (Å²) in [5, 5.41) is 11.2. The first-order valence-electron chi connectivity index (χ1n) is 7.73. The zero-order chi connectivity index (χ0) is 14.9. The van der Waals surface area contributed by atoms with Crippen molar-refractivity contribution in [2.24, 2.45) is 0 Å². The fourth-order valence-electron chi connectivity index (χ4n) is 3.16. The molecule has 1 saturated carbocycles. The van der Waals surface area contributed by atoms with Crippen LogP contribution >= 0.6 is 0 Å². The zero-order valence-electron chi connectivity index (χ0n) is 12.2. The average molecular weight is 294 g/mol. The SMILES string of the molecule is O=C(NC1CCCC1)c1ccc2cc(-c3cc[nH]n3)[nH]c2c1. The van der Waals surface area contributed by atoms with Crippen molar-refractivity contribution in [2.45, 2.75) is 31.7 Å². The van der Waals surface area contributed by atoms with E-state index >= 15 is 0 Å². The third-order valence-corrected chi connectivity index (χ3v) is 4.35. The highest BCUT2D eigenvalue weighted by atomic mass is 16.1. The number of nitrogens with one attached hydrogen (secondary N) is 3. The Morgan fingerprint density at radius 1 is 1.18 bits per heavy atom. The van der Waals surface area contributed by atoms with Crippen molar-refractivity contribution in [1.82, 2.24) is 20.5 Å². The molecule has 3 N–H and O–H groups in total. The largest absolute Gasteiger partial charge is 0.353 e. The molecule has 1 aromatic carbocycles. The fraction of sp³-hybridized carbons (Fsp3) is 0.294. The second-order valence-electron chi connectivity index (χ2n) is 5.90. The quantitative estimate of drug-likeness (QED) is 0.694. The highest BCUT2D eigenvalue weighted by Gasteiger charge is 2.18.